The van der Waals surface area contributed by atoms with Gasteiger partial charge in [-0.15, -0.1) is 0 Å². The van der Waals surface area contributed by atoms with Crippen LogP contribution in [0, 0.1) is 6.92 Å². The number of furan rings is 1. The maximum absolute atomic E-state index is 13.1. The van der Waals surface area contributed by atoms with E-state index in [2.05, 4.69) is 21.2 Å². The average molecular weight is 511 g/mol. The highest BCUT2D eigenvalue weighted by Gasteiger charge is 2.28. The van der Waals surface area contributed by atoms with Crippen LogP contribution in [0.3, 0.4) is 0 Å². The molecule has 1 aromatic heterocycles. The molecule has 0 unspecified atom stereocenters. The van der Waals surface area contributed by atoms with Gasteiger partial charge in [-0.2, -0.15) is 5.10 Å². The zero-order valence-corrected chi connectivity index (χ0v) is 21.1. The van der Waals surface area contributed by atoms with Crippen molar-refractivity contribution in [3.8, 4) is 11.5 Å². The lowest BCUT2D eigenvalue weighted by atomic mass is 9.93. The largest absolute Gasteiger partial charge is 0.457 e. The summed E-state index contributed by atoms with van der Waals surface area (Å²) in [6, 6.07) is 26.4. The van der Waals surface area contributed by atoms with Gasteiger partial charge in [0, 0.05) is 28.9 Å². The summed E-state index contributed by atoms with van der Waals surface area (Å²) in [6.07, 6.45) is 2.39. The van der Waals surface area contributed by atoms with Crippen LogP contribution in [0.1, 0.15) is 40.3 Å². The summed E-state index contributed by atoms with van der Waals surface area (Å²) < 4.78 is 11.8. The summed E-state index contributed by atoms with van der Waals surface area (Å²) in [6.45, 7) is 1.88. The van der Waals surface area contributed by atoms with E-state index in [-0.39, 0.29) is 11.7 Å². The number of carbonyl (C=O) groups is 1. The number of nitrogens with zero attached hydrogens (tertiary/aromatic N) is 1. The van der Waals surface area contributed by atoms with Crippen molar-refractivity contribution in [1.82, 2.24) is 5.43 Å². The van der Waals surface area contributed by atoms with Gasteiger partial charge in [-0.05, 0) is 80.5 Å². The van der Waals surface area contributed by atoms with E-state index in [9.17, 15) is 4.79 Å². The Morgan fingerprint density at radius 3 is 2.24 bits per heavy atom. The number of nitrogens with one attached hydrogen (secondary N) is 3. The molecule has 0 saturated heterocycles. The van der Waals surface area contributed by atoms with Crippen molar-refractivity contribution in [2.45, 2.75) is 26.2 Å². The first-order valence-electron chi connectivity index (χ1n) is 12.0. The number of fused-ring (bicyclic) bond motifs is 1. The second-order valence-electron chi connectivity index (χ2n) is 8.59. The van der Waals surface area contributed by atoms with Crippen LogP contribution in [0.4, 0.5) is 11.4 Å². The van der Waals surface area contributed by atoms with E-state index < -0.39 is 0 Å². The zero-order valence-electron chi connectivity index (χ0n) is 20.3. The Hall–Kier alpha value is -4.43. The molecule has 0 radical (unpaired) electrons. The van der Waals surface area contributed by atoms with Crippen LogP contribution in [0.2, 0.25) is 0 Å². The molecule has 0 fully saturated rings. The van der Waals surface area contributed by atoms with Gasteiger partial charge < -0.3 is 19.8 Å². The Kier molecular flexibility index (Phi) is 7.28. The van der Waals surface area contributed by atoms with Gasteiger partial charge in [-0.1, -0.05) is 36.4 Å². The number of benzene rings is 3. The van der Waals surface area contributed by atoms with E-state index in [1.807, 2.05) is 79.7 Å². The topological polar surface area (TPSA) is 87.9 Å². The number of thiocarbonyl (C=S) groups is 1. The molecule has 37 heavy (non-hydrogen) atoms. The Balaban J connectivity index is 1.26. The summed E-state index contributed by atoms with van der Waals surface area (Å²) in [5.41, 5.74) is 6.90. The normalized spacial score (nSPS) is 13.5. The van der Waals surface area contributed by atoms with Crippen LogP contribution >= 0.6 is 12.2 Å². The lowest BCUT2D eigenvalue weighted by Gasteiger charge is -2.14. The average Bonchev–Trinajstić information content (AvgIpc) is 3.27. The summed E-state index contributed by atoms with van der Waals surface area (Å²) in [7, 11) is 0. The minimum atomic E-state index is -0.308. The van der Waals surface area contributed by atoms with Gasteiger partial charge in [-0.25, -0.2) is 0 Å². The quantitative estimate of drug-likeness (QED) is 0.199. The molecule has 1 heterocycles. The van der Waals surface area contributed by atoms with E-state index in [1.54, 1.807) is 12.1 Å². The lowest BCUT2D eigenvalue weighted by molar-refractivity contribution is 0.0994. The highest BCUT2D eigenvalue weighted by Crippen LogP contribution is 2.30. The molecule has 7 nitrogen and oxygen atoms in total. The first kappa shape index (κ1) is 24.3. The molecule has 0 bridgehead atoms. The predicted octanol–water partition coefficient (Wildman–Crippen LogP) is 6.66. The Morgan fingerprint density at radius 1 is 0.865 bits per heavy atom. The SMILES string of the molecule is Cc1c(C(=O)Nc2ccc(Oc3ccccc3)cc2)oc2c1/C(=N/NC(=S)Nc1ccccc1)CCC2. The number of rotatable bonds is 6. The van der Waals surface area contributed by atoms with E-state index in [1.165, 1.54) is 0 Å². The van der Waals surface area contributed by atoms with E-state index in [0.717, 1.165) is 53.3 Å². The highest BCUT2D eigenvalue weighted by atomic mass is 32.1. The van der Waals surface area contributed by atoms with E-state index in [0.29, 0.717) is 16.5 Å². The van der Waals surface area contributed by atoms with E-state index in [4.69, 9.17) is 21.4 Å². The van der Waals surface area contributed by atoms with E-state index >= 15 is 0 Å². The molecule has 4 aromatic rings. The Bertz CT molecular complexity index is 1430. The molecule has 1 aliphatic rings. The van der Waals surface area contributed by atoms with Gasteiger partial charge in [0.05, 0.1) is 5.71 Å². The molecular formula is C29H26N4O3S. The first-order valence-corrected chi connectivity index (χ1v) is 12.4. The molecule has 8 heteroatoms. The molecule has 1 amide bonds. The van der Waals surface area contributed by atoms with Crippen molar-refractivity contribution in [3.05, 3.63) is 108 Å². The zero-order chi connectivity index (χ0) is 25.6. The Labute approximate surface area is 220 Å². The predicted molar refractivity (Wildman–Crippen MR) is 150 cm³/mol. The second-order valence-corrected chi connectivity index (χ2v) is 9.00. The van der Waals surface area contributed by atoms with Gasteiger partial charge in [0.25, 0.3) is 5.91 Å². The number of hydrogen-bond acceptors (Lipinski definition) is 5. The third kappa shape index (κ3) is 5.87. The van der Waals surface area contributed by atoms with Crippen molar-refractivity contribution >= 4 is 40.3 Å². The van der Waals surface area contributed by atoms with Crippen LogP contribution < -0.4 is 20.8 Å². The molecule has 3 N–H and O–H groups in total. The fourth-order valence-electron chi connectivity index (χ4n) is 4.21. The smallest absolute Gasteiger partial charge is 0.291 e. The summed E-state index contributed by atoms with van der Waals surface area (Å²) >= 11 is 5.38. The second kappa shape index (κ2) is 11.1. The molecule has 5 rings (SSSR count). The number of para-hydroxylation sites is 2. The van der Waals surface area contributed by atoms with Gasteiger partial charge in [0.1, 0.15) is 17.3 Å². The number of anilines is 2. The van der Waals surface area contributed by atoms with Crippen molar-refractivity contribution in [3.63, 3.8) is 0 Å². The standard InChI is InChI=1S/C29H26N4O3S/c1-19-26-24(32-33-29(37)31-20-9-4-2-5-10-20)13-8-14-25(26)36-27(19)28(34)30-21-15-17-23(18-16-21)35-22-11-6-3-7-12-22/h2-7,9-12,15-18H,8,13-14H2,1H3,(H,30,34)(H2,31,33,37)/b32-24+. The number of carbonyl (C=O) groups excluding carboxylic acids is 1. The molecule has 0 atom stereocenters. The molecule has 1 aliphatic carbocycles. The highest BCUT2D eigenvalue weighted by molar-refractivity contribution is 7.80. The number of amides is 1. The van der Waals surface area contributed by atoms with Crippen molar-refractivity contribution in [1.29, 1.82) is 0 Å². The molecule has 0 aliphatic heterocycles. The number of ether oxygens (including phenoxy) is 1. The molecular weight excluding hydrogens is 484 g/mol. The van der Waals surface area contributed by atoms with Gasteiger partial charge in [0.2, 0.25) is 0 Å². The van der Waals surface area contributed by atoms with Crippen molar-refractivity contribution in [2.75, 3.05) is 10.6 Å². The van der Waals surface area contributed by atoms with Crippen LogP contribution in [-0.2, 0) is 6.42 Å². The van der Waals surface area contributed by atoms with Crippen LogP contribution in [0.25, 0.3) is 0 Å². The summed E-state index contributed by atoms with van der Waals surface area (Å²) in [4.78, 5) is 13.1. The lowest BCUT2D eigenvalue weighted by Crippen LogP contribution is -2.26. The number of hydrogen-bond donors (Lipinski definition) is 3. The van der Waals surface area contributed by atoms with Gasteiger partial charge >= 0.3 is 0 Å². The third-order valence-corrected chi connectivity index (χ3v) is 6.14. The molecule has 0 spiro atoms. The van der Waals surface area contributed by atoms with Crippen molar-refractivity contribution < 1.29 is 13.9 Å². The van der Waals surface area contributed by atoms with Gasteiger partial charge in [-0.3, -0.25) is 10.2 Å². The number of hydrazone groups is 1. The third-order valence-electron chi connectivity index (χ3n) is 5.95. The fourth-order valence-corrected chi connectivity index (χ4v) is 4.38. The minimum Gasteiger partial charge on any atom is -0.457 e. The maximum atomic E-state index is 13.1. The molecule has 3 aromatic carbocycles. The van der Waals surface area contributed by atoms with Crippen LogP contribution in [0.15, 0.2) is 94.4 Å². The van der Waals surface area contributed by atoms with Crippen LogP contribution in [-0.4, -0.2) is 16.7 Å². The fraction of sp³-hybridized carbons (Fsp3) is 0.138. The summed E-state index contributed by atoms with van der Waals surface area (Å²) in [5.74, 6) is 2.18. The summed E-state index contributed by atoms with van der Waals surface area (Å²) in [5, 5.41) is 11.0. The molecule has 0 saturated carbocycles. The van der Waals surface area contributed by atoms with Gasteiger partial charge in [0.15, 0.2) is 10.9 Å². The monoisotopic (exact) mass is 510 g/mol. The Morgan fingerprint density at radius 2 is 1.51 bits per heavy atom. The van der Waals surface area contributed by atoms with Crippen molar-refractivity contribution in [2.24, 2.45) is 5.10 Å². The minimum absolute atomic E-state index is 0.286. The number of aryl methyl sites for hydroxylation is 1. The molecule has 186 valence electrons. The maximum Gasteiger partial charge on any atom is 0.291 e. The first-order chi connectivity index (χ1) is 18.1. The van der Waals surface area contributed by atoms with Crippen LogP contribution in [0.5, 0.6) is 11.5 Å².